The molecule has 2 saturated carbocycles. The average molecular weight is 222 g/mol. The third-order valence-corrected chi connectivity index (χ3v) is 3.44. The largest absolute Gasteiger partial charge is 0.273 e. The van der Waals surface area contributed by atoms with Crippen LogP contribution in [0.15, 0.2) is 5.10 Å². The Morgan fingerprint density at radius 2 is 2.12 bits per heavy atom. The summed E-state index contributed by atoms with van der Waals surface area (Å²) >= 11 is 0. The second-order valence-corrected chi connectivity index (χ2v) is 6.28. The number of hydrogen-bond acceptors (Lipinski definition) is 2. The van der Waals surface area contributed by atoms with Gasteiger partial charge in [0.25, 0.3) is 0 Å². The van der Waals surface area contributed by atoms with Gasteiger partial charge < -0.3 is 0 Å². The molecule has 0 aromatic carbocycles. The van der Waals surface area contributed by atoms with Crippen molar-refractivity contribution in [3.05, 3.63) is 0 Å². The minimum Gasteiger partial charge on any atom is -0.273 e. The Morgan fingerprint density at radius 1 is 1.44 bits per heavy atom. The number of nitrogens with zero attached hydrogens (tertiary/aromatic N) is 1. The number of carbonyl (C=O) groups excluding carboxylic acids is 1. The molecular weight excluding hydrogens is 200 g/mol. The van der Waals surface area contributed by atoms with Gasteiger partial charge in [0, 0.05) is 11.6 Å². The first kappa shape index (κ1) is 11.6. The predicted molar refractivity (Wildman–Crippen MR) is 65.1 cm³/mol. The number of rotatable bonds is 2. The van der Waals surface area contributed by atoms with Crippen molar-refractivity contribution in [3.63, 3.8) is 0 Å². The molecule has 2 aliphatic rings. The first-order chi connectivity index (χ1) is 7.46. The Kier molecular flexibility index (Phi) is 3.04. The SMILES string of the molecule is C[C@@H]1C/C(=N\NC(=O)C2CC2)CC(C)(C)C1. The molecule has 0 saturated heterocycles. The molecule has 0 aliphatic heterocycles. The average Bonchev–Trinajstić information content (AvgIpc) is 2.93. The van der Waals surface area contributed by atoms with Gasteiger partial charge in [0.2, 0.25) is 5.91 Å². The van der Waals surface area contributed by atoms with Gasteiger partial charge in [0.1, 0.15) is 0 Å². The van der Waals surface area contributed by atoms with Crippen LogP contribution in [0.25, 0.3) is 0 Å². The second kappa shape index (κ2) is 4.19. The summed E-state index contributed by atoms with van der Waals surface area (Å²) in [6.07, 6.45) is 5.39. The highest BCUT2D eigenvalue weighted by molar-refractivity contribution is 5.88. The fraction of sp³-hybridized carbons (Fsp3) is 0.846. The standard InChI is InChI=1S/C13H22N2O/c1-9-6-11(8-13(2,3)7-9)14-15-12(16)10-4-5-10/h9-10H,4-8H2,1-3H3,(H,15,16)/b14-11+/t9-/m1/s1. The summed E-state index contributed by atoms with van der Waals surface area (Å²) < 4.78 is 0. The Labute approximate surface area is 97.7 Å². The van der Waals surface area contributed by atoms with Crippen LogP contribution >= 0.6 is 0 Å². The highest BCUT2D eigenvalue weighted by atomic mass is 16.2. The number of amides is 1. The summed E-state index contributed by atoms with van der Waals surface area (Å²) in [4.78, 5) is 11.5. The lowest BCUT2D eigenvalue weighted by atomic mass is 9.72. The van der Waals surface area contributed by atoms with Crippen molar-refractivity contribution in [1.29, 1.82) is 0 Å². The van der Waals surface area contributed by atoms with Crippen LogP contribution in [0, 0.1) is 17.3 Å². The minimum atomic E-state index is 0.114. The van der Waals surface area contributed by atoms with Gasteiger partial charge in [-0.3, -0.25) is 4.79 Å². The van der Waals surface area contributed by atoms with E-state index < -0.39 is 0 Å². The predicted octanol–water partition coefficient (Wildman–Crippen LogP) is 2.71. The molecule has 2 rings (SSSR count). The number of hydrazone groups is 1. The molecule has 0 aromatic heterocycles. The third-order valence-electron chi connectivity index (χ3n) is 3.44. The van der Waals surface area contributed by atoms with Crippen LogP contribution in [0.4, 0.5) is 0 Å². The Balaban J connectivity index is 1.92. The van der Waals surface area contributed by atoms with Crippen LogP contribution in [-0.2, 0) is 4.79 Å². The fourth-order valence-corrected chi connectivity index (χ4v) is 2.77. The lowest BCUT2D eigenvalue weighted by molar-refractivity contribution is -0.122. The van der Waals surface area contributed by atoms with E-state index in [2.05, 4.69) is 31.3 Å². The van der Waals surface area contributed by atoms with Crippen molar-refractivity contribution in [3.8, 4) is 0 Å². The van der Waals surface area contributed by atoms with E-state index in [4.69, 9.17) is 0 Å². The highest BCUT2D eigenvalue weighted by Crippen LogP contribution is 2.37. The second-order valence-electron chi connectivity index (χ2n) is 6.28. The molecule has 0 aromatic rings. The van der Waals surface area contributed by atoms with Crippen molar-refractivity contribution in [1.82, 2.24) is 5.43 Å². The third kappa shape index (κ3) is 3.06. The number of hydrogen-bond donors (Lipinski definition) is 1. The van der Waals surface area contributed by atoms with Gasteiger partial charge in [-0.15, -0.1) is 0 Å². The maximum absolute atomic E-state index is 11.5. The summed E-state index contributed by atoms with van der Waals surface area (Å²) in [5.74, 6) is 1.04. The zero-order valence-electron chi connectivity index (χ0n) is 10.5. The summed E-state index contributed by atoms with van der Waals surface area (Å²) in [6, 6.07) is 0. The minimum absolute atomic E-state index is 0.114. The Hall–Kier alpha value is -0.860. The summed E-state index contributed by atoms with van der Waals surface area (Å²) in [6.45, 7) is 6.82. The van der Waals surface area contributed by atoms with Crippen LogP contribution in [0.1, 0.15) is 52.9 Å². The molecule has 3 nitrogen and oxygen atoms in total. The first-order valence-electron chi connectivity index (χ1n) is 6.31. The lowest BCUT2D eigenvalue weighted by Crippen LogP contribution is -2.30. The highest BCUT2D eigenvalue weighted by Gasteiger charge is 2.31. The van der Waals surface area contributed by atoms with Gasteiger partial charge in [-0.1, -0.05) is 20.8 Å². The molecule has 1 N–H and O–H groups in total. The van der Waals surface area contributed by atoms with Gasteiger partial charge in [0.05, 0.1) is 0 Å². The van der Waals surface area contributed by atoms with E-state index >= 15 is 0 Å². The van der Waals surface area contributed by atoms with E-state index in [0.717, 1.165) is 31.4 Å². The quantitative estimate of drug-likeness (QED) is 0.717. The van der Waals surface area contributed by atoms with Gasteiger partial charge in [-0.05, 0) is 43.4 Å². The maximum Gasteiger partial charge on any atom is 0.243 e. The molecule has 2 fully saturated rings. The van der Waals surface area contributed by atoms with Gasteiger partial charge in [-0.2, -0.15) is 5.10 Å². The van der Waals surface area contributed by atoms with Gasteiger partial charge in [0.15, 0.2) is 0 Å². The summed E-state index contributed by atoms with van der Waals surface area (Å²) in [7, 11) is 0. The topological polar surface area (TPSA) is 41.5 Å². The van der Waals surface area contributed by atoms with Gasteiger partial charge >= 0.3 is 0 Å². The van der Waals surface area contributed by atoms with Crippen LogP contribution in [-0.4, -0.2) is 11.6 Å². The fourth-order valence-electron chi connectivity index (χ4n) is 2.77. The molecule has 0 heterocycles. The molecule has 3 heteroatoms. The van der Waals surface area contributed by atoms with Crippen molar-refractivity contribution >= 4 is 11.6 Å². The Bertz CT molecular complexity index is 316. The van der Waals surface area contributed by atoms with E-state index in [-0.39, 0.29) is 11.8 Å². The molecule has 16 heavy (non-hydrogen) atoms. The van der Waals surface area contributed by atoms with E-state index in [1.807, 2.05) is 0 Å². The molecular formula is C13H22N2O. The van der Waals surface area contributed by atoms with Crippen molar-refractivity contribution in [2.24, 2.45) is 22.4 Å². The number of nitrogens with one attached hydrogen (secondary N) is 1. The monoisotopic (exact) mass is 222 g/mol. The smallest absolute Gasteiger partial charge is 0.243 e. The zero-order chi connectivity index (χ0) is 11.8. The van der Waals surface area contributed by atoms with Crippen molar-refractivity contribution < 1.29 is 4.79 Å². The Morgan fingerprint density at radius 3 is 2.69 bits per heavy atom. The summed E-state index contributed by atoms with van der Waals surface area (Å²) in [5, 5.41) is 4.31. The van der Waals surface area contributed by atoms with Crippen molar-refractivity contribution in [2.75, 3.05) is 0 Å². The molecule has 90 valence electrons. The van der Waals surface area contributed by atoms with Crippen LogP contribution in [0.3, 0.4) is 0 Å². The molecule has 2 aliphatic carbocycles. The first-order valence-corrected chi connectivity index (χ1v) is 6.31. The van der Waals surface area contributed by atoms with E-state index in [0.29, 0.717) is 11.3 Å². The van der Waals surface area contributed by atoms with Crippen molar-refractivity contribution in [2.45, 2.75) is 52.9 Å². The van der Waals surface area contributed by atoms with Gasteiger partial charge in [-0.25, -0.2) is 5.43 Å². The molecule has 0 unspecified atom stereocenters. The molecule has 1 atom stereocenters. The normalized spacial score (nSPS) is 31.4. The van der Waals surface area contributed by atoms with Crippen LogP contribution < -0.4 is 5.43 Å². The molecule has 0 spiro atoms. The lowest BCUT2D eigenvalue weighted by Gasteiger charge is -2.34. The molecule has 0 radical (unpaired) electrons. The van der Waals surface area contributed by atoms with E-state index in [9.17, 15) is 4.79 Å². The number of carbonyl (C=O) groups is 1. The zero-order valence-corrected chi connectivity index (χ0v) is 10.5. The molecule has 0 bridgehead atoms. The maximum atomic E-state index is 11.5. The van der Waals surface area contributed by atoms with Crippen LogP contribution in [0.2, 0.25) is 0 Å². The van der Waals surface area contributed by atoms with E-state index in [1.165, 1.54) is 6.42 Å². The van der Waals surface area contributed by atoms with E-state index in [1.54, 1.807) is 0 Å². The summed E-state index contributed by atoms with van der Waals surface area (Å²) in [5.41, 5.74) is 4.22. The van der Waals surface area contributed by atoms with Crippen LogP contribution in [0.5, 0.6) is 0 Å². The molecule has 1 amide bonds.